The van der Waals surface area contributed by atoms with Gasteiger partial charge in [0.15, 0.2) is 0 Å². The predicted molar refractivity (Wildman–Crippen MR) is 91.2 cm³/mol. The molecule has 0 saturated heterocycles. The standard InChI is InChI=1S/C13H8BrClINOS/c14-9-4-10-6(3-12(18)17-10)1-8(9)13(15)7-2-11(16)19-5-7/h1-2,4-5,13H,3H2,(H,17,18). The minimum absolute atomic E-state index is 0.0373. The molecular weight excluding hydrogens is 460 g/mol. The topological polar surface area (TPSA) is 29.1 Å². The highest BCUT2D eigenvalue weighted by Gasteiger charge is 2.23. The average molecular weight is 469 g/mol. The second-order valence-electron chi connectivity index (χ2n) is 4.30. The first-order valence-corrected chi connectivity index (χ1v) is 8.73. The normalized spacial score (nSPS) is 15.2. The molecule has 0 bridgehead atoms. The number of carbonyl (C=O) groups excluding carboxylic acids is 1. The highest BCUT2D eigenvalue weighted by Crippen LogP contribution is 2.39. The molecule has 0 aliphatic carbocycles. The maximum absolute atomic E-state index is 11.4. The molecule has 6 heteroatoms. The molecule has 0 fully saturated rings. The summed E-state index contributed by atoms with van der Waals surface area (Å²) >= 11 is 14.1. The third-order valence-corrected chi connectivity index (χ3v) is 5.98. The smallest absolute Gasteiger partial charge is 0.228 e. The van der Waals surface area contributed by atoms with Crippen LogP contribution in [0.3, 0.4) is 0 Å². The molecule has 1 amide bonds. The van der Waals surface area contributed by atoms with Crippen molar-refractivity contribution in [1.82, 2.24) is 0 Å². The number of fused-ring (bicyclic) bond motifs is 1. The van der Waals surface area contributed by atoms with Gasteiger partial charge in [-0.25, -0.2) is 0 Å². The molecule has 1 aliphatic rings. The molecule has 2 nitrogen and oxygen atoms in total. The molecule has 98 valence electrons. The minimum atomic E-state index is -0.199. The maximum Gasteiger partial charge on any atom is 0.228 e. The van der Waals surface area contributed by atoms with Crippen LogP contribution in [-0.2, 0) is 11.2 Å². The molecule has 3 rings (SSSR count). The van der Waals surface area contributed by atoms with Gasteiger partial charge in [0.05, 0.1) is 14.7 Å². The SMILES string of the molecule is O=C1Cc2cc(C(Cl)c3csc(I)c3)c(Br)cc2N1. The van der Waals surface area contributed by atoms with Crippen LogP contribution < -0.4 is 5.32 Å². The Morgan fingerprint density at radius 2 is 2.21 bits per heavy atom. The molecule has 2 heterocycles. The van der Waals surface area contributed by atoms with E-state index >= 15 is 0 Å². The zero-order valence-corrected chi connectivity index (χ0v) is 14.9. The van der Waals surface area contributed by atoms with E-state index in [1.54, 1.807) is 11.3 Å². The number of anilines is 1. The van der Waals surface area contributed by atoms with Crippen LogP contribution >= 0.6 is 61.5 Å². The van der Waals surface area contributed by atoms with E-state index in [9.17, 15) is 4.79 Å². The lowest BCUT2D eigenvalue weighted by Crippen LogP contribution is -2.03. The quantitative estimate of drug-likeness (QED) is 0.491. The lowest BCUT2D eigenvalue weighted by atomic mass is 10.0. The molecule has 1 aliphatic heterocycles. The van der Waals surface area contributed by atoms with Crippen molar-refractivity contribution < 1.29 is 4.79 Å². The molecule has 0 spiro atoms. The number of alkyl halides is 1. The van der Waals surface area contributed by atoms with Crippen molar-refractivity contribution in [2.45, 2.75) is 11.8 Å². The zero-order valence-electron chi connectivity index (χ0n) is 9.54. The summed E-state index contributed by atoms with van der Waals surface area (Å²) in [4.78, 5) is 11.4. The molecule has 1 unspecified atom stereocenters. The number of halogens is 3. The number of hydrogen-bond donors (Lipinski definition) is 1. The van der Waals surface area contributed by atoms with Crippen LogP contribution in [0.2, 0.25) is 0 Å². The van der Waals surface area contributed by atoms with E-state index in [0.29, 0.717) is 6.42 Å². The Morgan fingerprint density at radius 3 is 2.89 bits per heavy atom. The summed E-state index contributed by atoms with van der Waals surface area (Å²) in [6.45, 7) is 0. The second-order valence-corrected chi connectivity index (χ2v) is 8.40. The molecule has 1 N–H and O–H groups in total. The number of amides is 1. The summed E-state index contributed by atoms with van der Waals surface area (Å²) in [7, 11) is 0. The molecule has 0 radical (unpaired) electrons. The van der Waals surface area contributed by atoms with Crippen molar-refractivity contribution >= 4 is 73.1 Å². The number of benzene rings is 1. The van der Waals surface area contributed by atoms with Crippen LogP contribution in [0.15, 0.2) is 28.1 Å². The molecule has 1 aromatic heterocycles. The lowest BCUT2D eigenvalue weighted by Gasteiger charge is -2.12. The van der Waals surface area contributed by atoms with E-state index in [0.717, 1.165) is 26.9 Å². The van der Waals surface area contributed by atoms with Gasteiger partial charge in [-0.3, -0.25) is 4.79 Å². The van der Waals surface area contributed by atoms with Gasteiger partial charge in [0.2, 0.25) is 5.91 Å². The molecule has 1 atom stereocenters. The van der Waals surface area contributed by atoms with E-state index in [4.69, 9.17) is 11.6 Å². The van der Waals surface area contributed by atoms with Crippen molar-refractivity contribution in [2.24, 2.45) is 0 Å². The second kappa shape index (κ2) is 5.35. The van der Waals surface area contributed by atoms with Crippen LogP contribution in [0.25, 0.3) is 0 Å². The van der Waals surface area contributed by atoms with Crippen molar-refractivity contribution in [1.29, 1.82) is 0 Å². The summed E-state index contributed by atoms with van der Waals surface area (Å²) in [5.74, 6) is 0.0373. The first kappa shape index (κ1) is 13.9. The molecule has 2 aromatic rings. The van der Waals surface area contributed by atoms with E-state index in [1.165, 1.54) is 2.88 Å². The highest BCUT2D eigenvalue weighted by atomic mass is 127. The third kappa shape index (κ3) is 2.70. The summed E-state index contributed by atoms with van der Waals surface area (Å²) < 4.78 is 2.14. The lowest BCUT2D eigenvalue weighted by molar-refractivity contribution is -0.115. The highest BCUT2D eigenvalue weighted by molar-refractivity contribution is 14.1. The van der Waals surface area contributed by atoms with Gasteiger partial charge in [-0.05, 0) is 56.8 Å². The third-order valence-electron chi connectivity index (χ3n) is 3.00. The average Bonchev–Trinajstić information content (AvgIpc) is 2.92. The van der Waals surface area contributed by atoms with Crippen molar-refractivity contribution in [3.05, 3.63) is 47.6 Å². The fourth-order valence-corrected chi connectivity index (χ4v) is 4.58. The van der Waals surface area contributed by atoms with Crippen molar-refractivity contribution in [2.75, 3.05) is 5.32 Å². The monoisotopic (exact) mass is 467 g/mol. The summed E-state index contributed by atoms with van der Waals surface area (Å²) in [6.07, 6.45) is 0.431. The Morgan fingerprint density at radius 1 is 1.42 bits per heavy atom. The van der Waals surface area contributed by atoms with Gasteiger partial charge in [0.25, 0.3) is 0 Å². The van der Waals surface area contributed by atoms with E-state index < -0.39 is 0 Å². The van der Waals surface area contributed by atoms with Gasteiger partial charge in [0.1, 0.15) is 0 Å². The fraction of sp³-hybridized carbons (Fsp3) is 0.154. The zero-order chi connectivity index (χ0) is 13.6. The van der Waals surface area contributed by atoms with Crippen LogP contribution in [0.4, 0.5) is 5.69 Å². The summed E-state index contributed by atoms with van der Waals surface area (Å²) in [5, 5.41) is 4.71. The first-order valence-electron chi connectivity index (χ1n) is 5.55. The van der Waals surface area contributed by atoms with Gasteiger partial charge in [0, 0.05) is 10.2 Å². The van der Waals surface area contributed by atoms with Crippen molar-refractivity contribution in [3.8, 4) is 0 Å². The fourth-order valence-electron chi connectivity index (χ4n) is 2.10. The number of carbonyl (C=O) groups is 1. The van der Waals surface area contributed by atoms with Gasteiger partial charge >= 0.3 is 0 Å². The Balaban J connectivity index is 2.02. The Hall–Kier alpha value is -0.110. The number of rotatable bonds is 2. The number of nitrogens with one attached hydrogen (secondary N) is 1. The molecule has 1 aromatic carbocycles. The largest absolute Gasteiger partial charge is 0.325 e. The van der Waals surface area contributed by atoms with Crippen LogP contribution in [-0.4, -0.2) is 5.91 Å². The Kier molecular flexibility index (Phi) is 3.90. The van der Waals surface area contributed by atoms with E-state index in [2.05, 4.69) is 55.3 Å². The van der Waals surface area contributed by atoms with Gasteiger partial charge in [-0.2, -0.15) is 0 Å². The predicted octanol–water partition coefficient (Wildman–Crippen LogP) is 4.94. The minimum Gasteiger partial charge on any atom is -0.325 e. The van der Waals surface area contributed by atoms with Gasteiger partial charge in [-0.15, -0.1) is 22.9 Å². The number of thiophene rings is 1. The summed E-state index contributed by atoms with van der Waals surface area (Å²) in [5.41, 5.74) is 3.99. The molecular formula is C13H8BrClINOS. The number of hydrogen-bond acceptors (Lipinski definition) is 2. The van der Waals surface area contributed by atoms with Crippen LogP contribution in [0, 0.1) is 2.88 Å². The van der Waals surface area contributed by atoms with Gasteiger partial charge in [-0.1, -0.05) is 22.0 Å². The van der Waals surface area contributed by atoms with Gasteiger partial charge < -0.3 is 5.32 Å². The molecule has 0 saturated carbocycles. The Bertz CT molecular complexity index is 673. The van der Waals surface area contributed by atoms with E-state index in [1.807, 2.05) is 12.1 Å². The molecule has 19 heavy (non-hydrogen) atoms. The van der Waals surface area contributed by atoms with Crippen LogP contribution in [0.1, 0.15) is 22.1 Å². The Labute approximate surface area is 141 Å². The maximum atomic E-state index is 11.4. The summed E-state index contributed by atoms with van der Waals surface area (Å²) in [6, 6.07) is 6.04. The van der Waals surface area contributed by atoms with Crippen LogP contribution in [0.5, 0.6) is 0 Å². The van der Waals surface area contributed by atoms with Crippen molar-refractivity contribution in [3.63, 3.8) is 0 Å². The first-order chi connectivity index (χ1) is 9.04. The van der Waals surface area contributed by atoms with E-state index in [-0.39, 0.29) is 11.3 Å².